The molecule has 106 valence electrons. The zero-order valence-corrected chi connectivity index (χ0v) is 11.0. The van der Waals surface area contributed by atoms with Crippen molar-refractivity contribution in [1.29, 1.82) is 0 Å². The topological polar surface area (TPSA) is 57.6 Å². The molecule has 0 radical (unpaired) electrons. The SMILES string of the molecule is O=S(=O)(c1ccc(N2CCC[C@H](O)C2)cc1)C(F)F. The Balaban J connectivity index is 2.19. The van der Waals surface area contributed by atoms with Gasteiger partial charge in [0.1, 0.15) is 0 Å². The molecule has 1 saturated heterocycles. The summed E-state index contributed by atoms with van der Waals surface area (Å²) in [6.45, 7) is 1.24. The molecule has 0 bridgehead atoms. The van der Waals surface area contributed by atoms with Crippen LogP contribution in [0.25, 0.3) is 0 Å². The number of alkyl halides is 2. The van der Waals surface area contributed by atoms with E-state index in [1.54, 1.807) is 0 Å². The average Bonchev–Trinajstić information content (AvgIpc) is 2.38. The standard InChI is InChI=1S/C12H15F2NO3S/c13-12(14)19(17,18)11-5-3-9(4-6-11)15-7-1-2-10(16)8-15/h3-6,10,12,16H,1-2,7-8H2/t10-/m0/s1. The van der Waals surface area contributed by atoms with Gasteiger partial charge < -0.3 is 10.0 Å². The molecule has 1 aliphatic rings. The third-order valence-electron chi connectivity index (χ3n) is 3.16. The predicted molar refractivity (Wildman–Crippen MR) is 67.1 cm³/mol. The number of anilines is 1. The van der Waals surface area contributed by atoms with Crippen LogP contribution >= 0.6 is 0 Å². The molecule has 0 spiro atoms. The Hall–Kier alpha value is -1.21. The fraction of sp³-hybridized carbons (Fsp3) is 0.500. The Morgan fingerprint density at radius 1 is 1.26 bits per heavy atom. The van der Waals surface area contributed by atoms with Crippen molar-refractivity contribution in [2.75, 3.05) is 18.0 Å². The predicted octanol–water partition coefficient (Wildman–Crippen LogP) is 1.64. The molecule has 1 N–H and O–H groups in total. The van der Waals surface area contributed by atoms with E-state index in [2.05, 4.69) is 0 Å². The second kappa shape index (κ2) is 5.42. The van der Waals surface area contributed by atoms with Gasteiger partial charge in [-0.1, -0.05) is 0 Å². The molecule has 0 unspecified atom stereocenters. The van der Waals surface area contributed by atoms with Crippen molar-refractivity contribution in [3.05, 3.63) is 24.3 Å². The van der Waals surface area contributed by atoms with E-state index in [1.807, 2.05) is 4.90 Å². The molecule has 7 heteroatoms. The summed E-state index contributed by atoms with van der Waals surface area (Å²) in [6.07, 6.45) is 1.19. The van der Waals surface area contributed by atoms with Gasteiger partial charge in [0.05, 0.1) is 11.0 Å². The van der Waals surface area contributed by atoms with E-state index in [9.17, 15) is 22.3 Å². The first-order valence-corrected chi connectivity index (χ1v) is 7.51. The van der Waals surface area contributed by atoms with Crippen LogP contribution in [0.5, 0.6) is 0 Å². The average molecular weight is 291 g/mol. The number of piperidine rings is 1. The fourth-order valence-electron chi connectivity index (χ4n) is 2.14. The Morgan fingerprint density at radius 2 is 1.89 bits per heavy atom. The lowest BCUT2D eigenvalue weighted by molar-refractivity contribution is 0.154. The van der Waals surface area contributed by atoms with Gasteiger partial charge in [-0.3, -0.25) is 0 Å². The first-order chi connectivity index (χ1) is 8.91. The molecular weight excluding hydrogens is 276 g/mol. The van der Waals surface area contributed by atoms with Gasteiger partial charge in [-0.15, -0.1) is 0 Å². The van der Waals surface area contributed by atoms with Gasteiger partial charge in [0.2, 0.25) is 9.84 Å². The summed E-state index contributed by atoms with van der Waals surface area (Å²) in [6, 6.07) is 5.34. The molecule has 1 heterocycles. The van der Waals surface area contributed by atoms with Crippen LogP contribution in [-0.2, 0) is 9.84 Å². The number of aliphatic hydroxyl groups is 1. The highest BCUT2D eigenvalue weighted by molar-refractivity contribution is 7.91. The molecule has 0 amide bonds. The minimum Gasteiger partial charge on any atom is -0.391 e. The summed E-state index contributed by atoms with van der Waals surface area (Å²) in [7, 11) is -4.54. The summed E-state index contributed by atoms with van der Waals surface area (Å²) in [5.74, 6) is -3.41. The molecule has 0 aliphatic carbocycles. The number of benzene rings is 1. The van der Waals surface area contributed by atoms with Gasteiger partial charge in [-0.25, -0.2) is 8.42 Å². The van der Waals surface area contributed by atoms with Crippen LogP contribution in [0, 0.1) is 0 Å². The maximum absolute atomic E-state index is 12.4. The van der Waals surface area contributed by atoms with Crippen molar-refractivity contribution in [1.82, 2.24) is 0 Å². The Labute approximate surface area is 110 Å². The normalized spacial score (nSPS) is 20.8. The van der Waals surface area contributed by atoms with E-state index in [1.165, 1.54) is 24.3 Å². The number of hydrogen-bond donors (Lipinski definition) is 1. The molecule has 2 rings (SSSR count). The number of aliphatic hydroxyl groups excluding tert-OH is 1. The Kier molecular flexibility index (Phi) is 4.05. The van der Waals surface area contributed by atoms with E-state index in [0.717, 1.165) is 25.1 Å². The van der Waals surface area contributed by atoms with Crippen molar-refractivity contribution in [2.24, 2.45) is 0 Å². The maximum Gasteiger partial charge on any atom is 0.341 e. The van der Waals surface area contributed by atoms with Gasteiger partial charge in [-0.2, -0.15) is 8.78 Å². The van der Waals surface area contributed by atoms with Crippen LogP contribution in [0.2, 0.25) is 0 Å². The molecule has 4 nitrogen and oxygen atoms in total. The Bertz CT molecular complexity index is 530. The quantitative estimate of drug-likeness (QED) is 0.920. The number of rotatable bonds is 3. The van der Waals surface area contributed by atoms with Crippen LogP contribution in [0.3, 0.4) is 0 Å². The third kappa shape index (κ3) is 3.03. The number of hydrogen-bond acceptors (Lipinski definition) is 4. The number of sulfone groups is 1. The maximum atomic E-state index is 12.4. The van der Waals surface area contributed by atoms with E-state index >= 15 is 0 Å². The summed E-state index contributed by atoms with van der Waals surface area (Å²) < 4.78 is 47.3. The third-order valence-corrected chi connectivity index (χ3v) is 4.56. The van der Waals surface area contributed by atoms with E-state index in [-0.39, 0.29) is 4.90 Å². The molecule has 0 saturated carbocycles. The lowest BCUT2D eigenvalue weighted by Gasteiger charge is -2.32. The number of halogens is 2. The molecule has 1 atom stereocenters. The monoisotopic (exact) mass is 291 g/mol. The fourth-order valence-corrected chi connectivity index (χ4v) is 2.86. The van der Waals surface area contributed by atoms with Gasteiger partial charge in [0.25, 0.3) is 0 Å². The lowest BCUT2D eigenvalue weighted by atomic mass is 10.1. The molecule has 0 aromatic heterocycles. The van der Waals surface area contributed by atoms with E-state index in [0.29, 0.717) is 6.54 Å². The van der Waals surface area contributed by atoms with Crippen molar-refractivity contribution in [2.45, 2.75) is 29.6 Å². The highest BCUT2D eigenvalue weighted by Crippen LogP contribution is 2.24. The van der Waals surface area contributed by atoms with Crippen LogP contribution in [0.15, 0.2) is 29.2 Å². The molecule has 1 aromatic carbocycles. The van der Waals surface area contributed by atoms with Gasteiger partial charge in [0.15, 0.2) is 0 Å². The van der Waals surface area contributed by atoms with Gasteiger partial charge in [-0.05, 0) is 37.1 Å². The first-order valence-electron chi connectivity index (χ1n) is 5.96. The lowest BCUT2D eigenvalue weighted by Crippen LogP contribution is -2.38. The van der Waals surface area contributed by atoms with Crippen LogP contribution in [0.1, 0.15) is 12.8 Å². The first kappa shape index (κ1) is 14.2. The zero-order valence-electron chi connectivity index (χ0n) is 10.2. The minimum absolute atomic E-state index is 0.385. The molecular formula is C12H15F2NO3S. The van der Waals surface area contributed by atoms with Crippen molar-refractivity contribution >= 4 is 15.5 Å². The summed E-state index contributed by atoms with van der Waals surface area (Å²) in [5.41, 5.74) is 0.729. The van der Waals surface area contributed by atoms with Crippen molar-refractivity contribution in [3.8, 4) is 0 Å². The van der Waals surface area contributed by atoms with Crippen LogP contribution in [-0.4, -0.2) is 38.5 Å². The highest BCUT2D eigenvalue weighted by atomic mass is 32.2. The number of nitrogens with zero attached hydrogens (tertiary/aromatic N) is 1. The highest BCUT2D eigenvalue weighted by Gasteiger charge is 2.26. The van der Waals surface area contributed by atoms with E-state index < -0.39 is 21.7 Å². The smallest absolute Gasteiger partial charge is 0.341 e. The molecule has 1 aromatic rings. The Morgan fingerprint density at radius 3 is 2.42 bits per heavy atom. The van der Waals surface area contributed by atoms with Crippen molar-refractivity contribution in [3.63, 3.8) is 0 Å². The van der Waals surface area contributed by atoms with Crippen LogP contribution < -0.4 is 4.90 Å². The van der Waals surface area contributed by atoms with Gasteiger partial charge in [0, 0.05) is 18.8 Å². The van der Waals surface area contributed by atoms with Crippen molar-refractivity contribution < 1.29 is 22.3 Å². The van der Waals surface area contributed by atoms with Gasteiger partial charge >= 0.3 is 5.76 Å². The second-order valence-electron chi connectivity index (χ2n) is 4.54. The zero-order chi connectivity index (χ0) is 14.0. The molecule has 1 fully saturated rings. The summed E-state index contributed by atoms with van der Waals surface area (Å²) >= 11 is 0. The summed E-state index contributed by atoms with van der Waals surface area (Å²) in [4.78, 5) is 1.52. The largest absolute Gasteiger partial charge is 0.391 e. The molecule has 1 aliphatic heterocycles. The summed E-state index contributed by atoms with van der Waals surface area (Å²) in [5, 5.41) is 9.56. The minimum atomic E-state index is -4.54. The van der Waals surface area contributed by atoms with E-state index in [4.69, 9.17) is 0 Å². The second-order valence-corrected chi connectivity index (χ2v) is 6.46. The molecule has 19 heavy (non-hydrogen) atoms. The van der Waals surface area contributed by atoms with Crippen LogP contribution in [0.4, 0.5) is 14.5 Å². The number of β-amino-alcohol motifs (C(OH)–C–C–N with tert-alkyl or cyclic N) is 1.